The number of aliphatic hydroxyl groups is 1. The van der Waals surface area contributed by atoms with E-state index in [1.54, 1.807) is 25.5 Å². The summed E-state index contributed by atoms with van der Waals surface area (Å²) in [7, 11) is 3.10. The van der Waals surface area contributed by atoms with Gasteiger partial charge in [0.05, 0.1) is 26.2 Å². The average molecular weight is 379 g/mol. The van der Waals surface area contributed by atoms with Gasteiger partial charge in [-0.3, -0.25) is 4.99 Å². The van der Waals surface area contributed by atoms with Gasteiger partial charge in [0.1, 0.15) is 23.7 Å². The van der Waals surface area contributed by atoms with Crippen LogP contribution in [0.15, 0.2) is 86.1 Å². The molecular formula is C21H21N3O4. The summed E-state index contributed by atoms with van der Waals surface area (Å²) in [5.74, 6) is 2.32. The summed E-state index contributed by atoms with van der Waals surface area (Å²) >= 11 is 0. The van der Waals surface area contributed by atoms with E-state index in [9.17, 15) is 5.11 Å². The number of rotatable bonds is 7. The zero-order valence-corrected chi connectivity index (χ0v) is 15.7. The molecule has 3 rings (SSSR count). The normalized spacial score (nSPS) is 15.6. The number of furan rings is 1. The Morgan fingerprint density at radius 3 is 2.79 bits per heavy atom. The second kappa shape index (κ2) is 8.77. The van der Waals surface area contributed by atoms with E-state index in [4.69, 9.17) is 13.9 Å². The van der Waals surface area contributed by atoms with Gasteiger partial charge in [-0.05, 0) is 55.6 Å². The molecule has 0 atom stereocenters. The lowest BCUT2D eigenvalue weighted by atomic mass is 10.1. The van der Waals surface area contributed by atoms with Crippen LogP contribution in [0, 0.1) is 0 Å². The zero-order valence-electron chi connectivity index (χ0n) is 15.7. The second-order valence-electron chi connectivity index (χ2n) is 5.82. The highest BCUT2D eigenvalue weighted by Gasteiger charge is 2.16. The second-order valence-corrected chi connectivity index (χ2v) is 5.82. The molecule has 1 aromatic heterocycles. The van der Waals surface area contributed by atoms with Gasteiger partial charge in [-0.2, -0.15) is 0 Å². The van der Waals surface area contributed by atoms with Crippen molar-refractivity contribution >= 4 is 18.7 Å². The topological polar surface area (TPSA) is 88.6 Å². The zero-order chi connectivity index (χ0) is 19.9. The molecule has 1 aromatic carbocycles. The number of hydrogen-bond acceptors (Lipinski definition) is 6. The minimum atomic E-state index is 0.0288. The van der Waals surface area contributed by atoms with Gasteiger partial charge >= 0.3 is 0 Å². The van der Waals surface area contributed by atoms with Gasteiger partial charge in [0.2, 0.25) is 0 Å². The molecule has 0 saturated heterocycles. The number of anilines is 1. The fourth-order valence-corrected chi connectivity index (χ4v) is 2.78. The van der Waals surface area contributed by atoms with Gasteiger partial charge < -0.3 is 24.3 Å². The molecule has 0 fully saturated rings. The Hall–Kier alpha value is -3.74. The highest BCUT2D eigenvalue weighted by atomic mass is 16.5. The Balaban J connectivity index is 2.01. The SMILES string of the molecule is C=NC=N/C(Nc1cc(-c2ccco2)ccc1OC)=C1/C=C(O)C(OC)=CC1. The summed E-state index contributed by atoms with van der Waals surface area (Å²) < 4.78 is 16.1. The third kappa shape index (κ3) is 4.15. The lowest BCUT2D eigenvalue weighted by molar-refractivity contribution is 0.253. The van der Waals surface area contributed by atoms with E-state index in [0.717, 1.165) is 16.9 Å². The van der Waals surface area contributed by atoms with E-state index in [1.807, 2.05) is 30.3 Å². The van der Waals surface area contributed by atoms with Crippen molar-refractivity contribution in [3.05, 3.63) is 71.7 Å². The largest absolute Gasteiger partial charge is 0.504 e. The molecule has 0 aliphatic heterocycles. The molecule has 0 amide bonds. The molecular weight excluding hydrogens is 358 g/mol. The molecule has 7 heteroatoms. The van der Waals surface area contributed by atoms with Crippen molar-refractivity contribution in [2.24, 2.45) is 9.98 Å². The Morgan fingerprint density at radius 1 is 1.29 bits per heavy atom. The van der Waals surface area contributed by atoms with Gasteiger partial charge in [0, 0.05) is 11.1 Å². The molecule has 1 aliphatic rings. The summed E-state index contributed by atoms with van der Waals surface area (Å²) in [5.41, 5.74) is 2.32. The molecule has 7 nitrogen and oxygen atoms in total. The minimum Gasteiger partial charge on any atom is -0.504 e. The quantitative estimate of drug-likeness (QED) is 0.538. The summed E-state index contributed by atoms with van der Waals surface area (Å²) in [4.78, 5) is 8.00. The molecule has 0 saturated carbocycles. The highest BCUT2D eigenvalue weighted by Crippen LogP contribution is 2.33. The fourth-order valence-electron chi connectivity index (χ4n) is 2.78. The molecule has 0 bridgehead atoms. The number of aliphatic imine (C=N–C) groups is 2. The predicted octanol–water partition coefficient (Wildman–Crippen LogP) is 4.68. The molecule has 0 unspecified atom stereocenters. The first kappa shape index (κ1) is 19.0. The van der Waals surface area contributed by atoms with E-state index in [2.05, 4.69) is 22.0 Å². The number of nitrogens with one attached hydrogen (secondary N) is 1. The number of hydrogen-bond donors (Lipinski definition) is 2. The van der Waals surface area contributed by atoms with Crippen LogP contribution in [0.5, 0.6) is 5.75 Å². The van der Waals surface area contributed by atoms with Crippen molar-refractivity contribution in [3.8, 4) is 17.1 Å². The first-order valence-electron chi connectivity index (χ1n) is 8.52. The maximum absolute atomic E-state index is 10.1. The lowest BCUT2D eigenvalue weighted by Gasteiger charge is -2.17. The minimum absolute atomic E-state index is 0.0288. The maximum atomic E-state index is 10.1. The van der Waals surface area contributed by atoms with E-state index in [0.29, 0.717) is 29.4 Å². The van der Waals surface area contributed by atoms with Crippen LogP contribution in [-0.4, -0.2) is 32.4 Å². The number of allylic oxidation sites excluding steroid dienone is 3. The molecule has 28 heavy (non-hydrogen) atoms. The van der Waals surface area contributed by atoms with Crippen LogP contribution >= 0.6 is 0 Å². The van der Waals surface area contributed by atoms with Gasteiger partial charge in [-0.1, -0.05) is 0 Å². The van der Waals surface area contributed by atoms with Crippen molar-refractivity contribution in [1.29, 1.82) is 0 Å². The van der Waals surface area contributed by atoms with Crippen LogP contribution < -0.4 is 10.1 Å². The van der Waals surface area contributed by atoms with Gasteiger partial charge in [0.25, 0.3) is 0 Å². The van der Waals surface area contributed by atoms with Crippen molar-refractivity contribution in [2.75, 3.05) is 19.5 Å². The maximum Gasteiger partial charge on any atom is 0.157 e. The third-order valence-electron chi connectivity index (χ3n) is 4.12. The Labute approximate surface area is 163 Å². The third-order valence-corrected chi connectivity index (χ3v) is 4.12. The molecule has 1 heterocycles. The number of aliphatic hydroxyl groups excluding tert-OH is 1. The number of benzene rings is 1. The lowest BCUT2D eigenvalue weighted by Crippen LogP contribution is -2.06. The summed E-state index contributed by atoms with van der Waals surface area (Å²) in [6.07, 6.45) is 6.85. The smallest absolute Gasteiger partial charge is 0.157 e. The Morgan fingerprint density at radius 2 is 2.14 bits per heavy atom. The Kier molecular flexibility index (Phi) is 5.96. The highest BCUT2D eigenvalue weighted by molar-refractivity contribution is 5.72. The number of ether oxygens (including phenoxy) is 2. The fraction of sp³-hybridized carbons (Fsp3) is 0.143. The van der Waals surface area contributed by atoms with Crippen molar-refractivity contribution in [3.63, 3.8) is 0 Å². The van der Waals surface area contributed by atoms with Crippen LogP contribution in [0.4, 0.5) is 5.69 Å². The monoisotopic (exact) mass is 379 g/mol. The van der Waals surface area contributed by atoms with Crippen LogP contribution in [0.2, 0.25) is 0 Å². The van der Waals surface area contributed by atoms with Crippen LogP contribution in [0.3, 0.4) is 0 Å². The standard InChI is InChI=1S/C21H21N3O4/c1-22-13-23-21(15-7-9-20(27-3)17(25)12-15)24-16-11-14(6-8-19(16)26-2)18-5-4-10-28-18/h4-6,8-13,24-25H,1,7H2,2-3H3/b21-15-,23-13?. The van der Waals surface area contributed by atoms with Crippen LogP contribution in [-0.2, 0) is 4.74 Å². The van der Waals surface area contributed by atoms with Crippen LogP contribution in [0.25, 0.3) is 11.3 Å². The Bertz CT molecular complexity index is 970. The molecule has 0 spiro atoms. The summed E-state index contributed by atoms with van der Waals surface area (Å²) in [5, 5.41) is 13.4. The van der Waals surface area contributed by atoms with E-state index < -0.39 is 0 Å². The first-order valence-corrected chi connectivity index (χ1v) is 8.52. The summed E-state index contributed by atoms with van der Waals surface area (Å²) in [6, 6.07) is 9.36. The predicted molar refractivity (Wildman–Crippen MR) is 110 cm³/mol. The molecule has 0 radical (unpaired) electrons. The molecule has 2 aromatic rings. The number of methoxy groups -OCH3 is 2. The van der Waals surface area contributed by atoms with E-state index >= 15 is 0 Å². The average Bonchev–Trinajstić information content (AvgIpc) is 3.25. The molecule has 2 N–H and O–H groups in total. The van der Waals surface area contributed by atoms with Gasteiger partial charge in [-0.25, -0.2) is 4.99 Å². The van der Waals surface area contributed by atoms with Gasteiger partial charge in [0.15, 0.2) is 11.5 Å². The number of nitrogens with zero attached hydrogens (tertiary/aromatic N) is 2. The van der Waals surface area contributed by atoms with Crippen molar-refractivity contribution in [2.45, 2.75) is 6.42 Å². The van der Waals surface area contributed by atoms with Gasteiger partial charge in [-0.15, -0.1) is 0 Å². The van der Waals surface area contributed by atoms with E-state index in [1.165, 1.54) is 13.4 Å². The summed E-state index contributed by atoms with van der Waals surface area (Å²) in [6.45, 7) is 3.42. The van der Waals surface area contributed by atoms with Crippen molar-refractivity contribution < 1.29 is 19.0 Å². The molecule has 144 valence electrons. The first-order chi connectivity index (χ1) is 13.7. The van der Waals surface area contributed by atoms with Crippen LogP contribution in [0.1, 0.15) is 6.42 Å². The van der Waals surface area contributed by atoms with Crippen molar-refractivity contribution in [1.82, 2.24) is 0 Å². The van der Waals surface area contributed by atoms with E-state index in [-0.39, 0.29) is 5.76 Å². The molecule has 1 aliphatic carbocycles.